The van der Waals surface area contributed by atoms with Gasteiger partial charge in [0.25, 0.3) is 5.91 Å². The number of carbonyl (C=O) groups excluding carboxylic acids is 1. The third-order valence-electron chi connectivity index (χ3n) is 3.17. The molecule has 2 aromatic rings. The molecule has 0 saturated heterocycles. The maximum Gasteiger partial charge on any atom is 0.417 e. The second-order valence-corrected chi connectivity index (χ2v) is 5.49. The lowest BCUT2D eigenvalue weighted by Gasteiger charge is -2.19. The van der Waals surface area contributed by atoms with Crippen LogP contribution in [-0.4, -0.2) is 20.0 Å². The molecule has 0 fully saturated rings. The van der Waals surface area contributed by atoms with Gasteiger partial charge in [-0.1, -0.05) is 23.7 Å². The summed E-state index contributed by atoms with van der Waals surface area (Å²) in [7, 11) is 3.51. The largest absolute Gasteiger partial charge is 0.417 e. The highest BCUT2D eigenvalue weighted by atomic mass is 35.5. The van der Waals surface area contributed by atoms with E-state index in [1.54, 1.807) is 31.1 Å². The van der Waals surface area contributed by atoms with Crippen LogP contribution in [-0.2, 0) is 6.18 Å². The van der Waals surface area contributed by atoms with Crippen molar-refractivity contribution < 1.29 is 18.0 Å². The molecule has 122 valence electrons. The lowest BCUT2D eigenvalue weighted by Crippen LogP contribution is -2.20. The summed E-state index contributed by atoms with van der Waals surface area (Å²) in [5, 5.41) is 2.87. The predicted molar refractivity (Wildman–Crippen MR) is 85.2 cm³/mol. The Hall–Kier alpha value is -2.21. The number of anilines is 2. The lowest BCUT2D eigenvalue weighted by molar-refractivity contribution is -0.137. The van der Waals surface area contributed by atoms with Crippen LogP contribution in [0.25, 0.3) is 0 Å². The molecule has 0 heterocycles. The van der Waals surface area contributed by atoms with E-state index in [-0.39, 0.29) is 0 Å². The fourth-order valence-corrected chi connectivity index (χ4v) is 2.29. The fraction of sp³-hybridized carbons (Fsp3) is 0.188. The molecule has 0 spiro atoms. The van der Waals surface area contributed by atoms with Gasteiger partial charge in [-0.25, -0.2) is 0 Å². The summed E-state index contributed by atoms with van der Waals surface area (Å²) in [6.45, 7) is 0. The second kappa shape index (κ2) is 6.50. The van der Waals surface area contributed by atoms with Gasteiger partial charge in [-0.2, -0.15) is 13.2 Å². The molecule has 0 aromatic heterocycles. The molecule has 0 unspecified atom stereocenters. The number of nitrogens with one attached hydrogen (secondary N) is 1. The van der Waals surface area contributed by atoms with Crippen molar-refractivity contribution in [2.45, 2.75) is 6.18 Å². The number of benzene rings is 2. The molecule has 3 nitrogen and oxygen atoms in total. The van der Waals surface area contributed by atoms with E-state index in [0.717, 1.165) is 12.1 Å². The number of carbonyl (C=O) groups is 1. The monoisotopic (exact) mass is 342 g/mol. The van der Waals surface area contributed by atoms with Crippen molar-refractivity contribution >= 4 is 28.9 Å². The Kier molecular flexibility index (Phi) is 4.85. The smallest absolute Gasteiger partial charge is 0.376 e. The molecule has 7 heteroatoms. The molecule has 23 heavy (non-hydrogen) atoms. The number of alkyl halides is 3. The molecular weight excluding hydrogens is 329 g/mol. The van der Waals surface area contributed by atoms with Crippen LogP contribution in [0.3, 0.4) is 0 Å². The van der Waals surface area contributed by atoms with Crippen molar-refractivity contribution in [2.75, 3.05) is 24.3 Å². The van der Waals surface area contributed by atoms with Gasteiger partial charge in [-0.3, -0.25) is 4.79 Å². The summed E-state index contributed by atoms with van der Waals surface area (Å²) in [6.07, 6.45) is -4.60. The standard InChI is InChI=1S/C16H14ClF3N2O/c1-22(2)14-8-7-10(17)9-13(14)21-15(23)11-5-3-4-6-12(11)16(18,19)20/h3-9H,1-2H3,(H,21,23). The van der Waals surface area contributed by atoms with Crippen molar-refractivity contribution in [3.63, 3.8) is 0 Å². The van der Waals surface area contributed by atoms with E-state index in [1.165, 1.54) is 18.2 Å². The Balaban J connectivity index is 2.40. The zero-order valence-corrected chi connectivity index (χ0v) is 13.2. The maximum atomic E-state index is 13.0. The minimum Gasteiger partial charge on any atom is -0.376 e. The number of rotatable bonds is 3. The van der Waals surface area contributed by atoms with E-state index in [9.17, 15) is 18.0 Å². The summed E-state index contributed by atoms with van der Waals surface area (Å²) in [6, 6.07) is 9.44. The Morgan fingerprint density at radius 1 is 1.13 bits per heavy atom. The molecule has 1 N–H and O–H groups in total. The highest BCUT2D eigenvalue weighted by molar-refractivity contribution is 6.31. The summed E-state index contributed by atoms with van der Waals surface area (Å²) in [5.74, 6) is -0.844. The number of amides is 1. The highest BCUT2D eigenvalue weighted by Gasteiger charge is 2.34. The van der Waals surface area contributed by atoms with E-state index < -0.39 is 23.2 Å². The van der Waals surface area contributed by atoms with Crippen LogP contribution in [0.5, 0.6) is 0 Å². The van der Waals surface area contributed by atoms with Gasteiger partial charge in [0.2, 0.25) is 0 Å². The van der Waals surface area contributed by atoms with E-state index in [1.807, 2.05) is 0 Å². The van der Waals surface area contributed by atoms with Crippen LogP contribution in [0, 0.1) is 0 Å². The fourth-order valence-electron chi connectivity index (χ4n) is 2.12. The minimum absolute atomic E-state index is 0.337. The van der Waals surface area contributed by atoms with Crippen LogP contribution in [0.2, 0.25) is 5.02 Å². The Labute approximate surface area is 136 Å². The average molecular weight is 343 g/mol. The zero-order valence-electron chi connectivity index (χ0n) is 12.4. The van der Waals surface area contributed by atoms with Gasteiger partial charge in [0.05, 0.1) is 22.5 Å². The Morgan fingerprint density at radius 2 is 1.78 bits per heavy atom. The van der Waals surface area contributed by atoms with Crippen LogP contribution >= 0.6 is 11.6 Å². The quantitative estimate of drug-likeness (QED) is 0.878. The van der Waals surface area contributed by atoms with Crippen molar-refractivity contribution in [2.24, 2.45) is 0 Å². The molecule has 0 aliphatic heterocycles. The molecule has 2 rings (SSSR count). The van der Waals surface area contributed by atoms with Gasteiger partial charge in [0.15, 0.2) is 0 Å². The first-order valence-electron chi connectivity index (χ1n) is 6.64. The van der Waals surface area contributed by atoms with Crippen LogP contribution in [0.15, 0.2) is 42.5 Å². The molecule has 2 aromatic carbocycles. The SMILES string of the molecule is CN(C)c1ccc(Cl)cc1NC(=O)c1ccccc1C(F)(F)F. The summed E-state index contributed by atoms with van der Waals surface area (Å²) in [4.78, 5) is 14.0. The third-order valence-corrected chi connectivity index (χ3v) is 3.40. The minimum atomic E-state index is -4.60. The van der Waals surface area contributed by atoms with E-state index in [2.05, 4.69) is 5.32 Å². The van der Waals surface area contributed by atoms with Crippen LogP contribution in [0.4, 0.5) is 24.5 Å². The van der Waals surface area contributed by atoms with Gasteiger partial charge < -0.3 is 10.2 Å². The topological polar surface area (TPSA) is 32.3 Å². The number of hydrogen-bond acceptors (Lipinski definition) is 2. The first kappa shape index (κ1) is 17.1. The average Bonchev–Trinajstić information content (AvgIpc) is 2.46. The Bertz CT molecular complexity index is 730. The van der Waals surface area contributed by atoms with E-state index >= 15 is 0 Å². The number of halogens is 4. The van der Waals surface area contributed by atoms with Gasteiger partial charge in [0, 0.05) is 19.1 Å². The van der Waals surface area contributed by atoms with Crippen molar-refractivity contribution in [1.82, 2.24) is 0 Å². The van der Waals surface area contributed by atoms with E-state index in [0.29, 0.717) is 16.4 Å². The first-order chi connectivity index (χ1) is 10.7. The predicted octanol–water partition coefficient (Wildman–Crippen LogP) is 4.68. The number of hydrogen-bond donors (Lipinski definition) is 1. The van der Waals surface area contributed by atoms with Crippen molar-refractivity contribution in [3.05, 3.63) is 58.6 Å². The molecule has 0 aliphatic rings. The van der Waals surface area contributed by atoms with Crippen LogP contribution < -0.4 is 10.2 Å². The molecule has 0 saturated carbocycles. The summed E-state index contributed by atoms with van der Waals surface area (Å²) in [5.41, 5.74) is -0.452. The molecule has 0 aliphatic carbocycles. The second-order valence-electron chi connectivity index (χ2n) is 5.05. The molecular formula is C16H14ClF3N2O. The molecule has 0 atom stereocenters. The van der Waals surface area contributed by atoms with Gasteiger partial charge in [0.1, 0.15) is 0 Å². The summed E-state index contributed by atoms with van der Waals surface area (Å²) >= 11 is 5.91. The number of nitrogens with zero attached hydrogens (tertiary/aromatic N) is 1. The summed E-state index contributed by atoms with van der Waals surface area (Å²) < 4.78 is 39.0. The Morgan fingerprint density at radius 3 is 2.39 bits per heavy atom. The lowest BCUT2D eigenvalue weighted by atomic mass is 10.1. The first-order valence-corrected chi connectivity index (χ1v) is 7.02. The van der Waals surface area contributed by atoms with Gasteiger partial charge in [-0.05, 0) is 30.3 Å². The highest BCUT2D eigenvalue weighted by Crippen LogP contribution is 2.33. The maximum absolute atomic E-state index is 13.0. The van der Waals surface area contributed by atoms with Crippen molar-refractivity contribution in [1.29, 1.82) is 0 Å². The van der Waals surface area contributed by atoms with Crippen LogP contribution in [0.1, 0.15) is 15.9 Å². The molecule has 0 bridgehead atoms. The zero-order chi connectivity index (χ0) is 17.2. The third kappa shape index (κ3) is 3.96. The molecule has 1 amide bonds. The molecule has 0 radical (unpaired) electrons. The van der Waals surface area contributed by atoms with Crippen molar-refractivity contribution in [3.8, 4) is 0 Å². The van der Waals surface area contributed by atoms with Gasteiger partial charge in [-0.15, -0.1) is 0 Å². The van der Waals surface area contributed by atoms with Gasteiger partial charge >= 0.3 is 6.18 Å². The normalized spacial score (nSPS) is 11.2. The van der Waals surface area contributed by atoms with E-state index in [4.69, 9.17) is 11.6 Å².